The summed E-state index contributed by atoms with van der Waals surface area (Å²) < 4.78 is 11.1. The van der Waals surface area contributed by atoms with Crippen LogP contribution in [0.1, 0.15) is 74.2 Å². The van der Waals surface area contributed by atoms with Gasteiger partial charge in [-0.05, 0) is 67.9 Å². The minimum absolute atomic E-state index is 0.0651. The topological polar surface area (TPSA) is 129 Å². The second kappa shape index (κ2) is 13.3. The van der Waals surface area contributed by atoms with E-state index in [0.29, 0.717) is 50.5 Å². The number of amides is 2. The lowest BCUT2D eigenvalue weighted by molar-refractivity contribution is -0.165. The number of aliphatic hydroxyl groups excluding tert-OH is 1. The zero-order chi connectivity index (χ0) is 30.6. The molecule has 3 N–H and O–H groups in total. The average Bonchev–Trinajstić information content (AvgIpc) is 3.56. The summed E-state index contributed by atoms with van der Waals surface area (Å²) in [6, 6.07) is 11.5. The van der Waals surface area contributed by atoms with Gasteiger partial charge in [-0.1, -0.05) is 38.3 Å². The van der Waals surface area contributed by atoms with Crippen LogP contribution in [-0.4, -0.2) is 82.2 Å². The van der Waals surface area contributed by atoms with Gasteiger partial charge in [0.25, 0.3) is 0 Å². The molecule has 2 amide bonds. The fraction of sp³-hybridized carbons (Fsp3) is 0.545. The Morgan fingerprint density at radius 3 is 2.37 bits per heavy atom. The normalized spacial score (nSPS) is 21.6. The van der Waals surface area contributed by atoms with E-state index >= 15 is 0 Å². The van der Waals surface area contributed by atoms with E-state index in [4.69, 9.17) is 9.47 Å². The maximum atomic E-state index is 13.8. The molecule has 3 aliphatic rings. The van der Waals surface area contributed by atoms with Crippen molar-refractivity contribution in [2.24, 2.45) is 5.92 Å². The molecule has 2 atom stereocenters. The summed E-state index contributed by atoms with van der Waals surface area (Å²) >= 11 is 0. The van der Waals surface area contributed by atoms with E-state index in [0.717, 1.165) is 44.1 Å². The molecule has 1 saturated carbocycles. The van der Waals surface area contributed by atoms with Crippen molar-refractivity contribution in [3.8, 4) is 17.2 Å². The number of aliphatic hydroxyl groups is 1. The Morgan fingerprint density at radius 2 is 1.74 bits per heavy atom. The number of carbonyl (C=O) groups is 3. The first-order valence-corrected chi connectivity index (χ1v) is 15.5. The lowest BCUT2D eigenvalue weighted by atomic mass is 9.80. The van der Waals surface area contributed by atoms with E-state index in [9.17, 15) is 24.6 Å². The number of carboxylic acids is 1. The van der Waals surface area contributed by atoms with Gasteiger partial charge in [0, 0.05) is 32.2 Å². The smallest absolute Gasteiger partial charge is 0.339 e. The summed E-state index contributed by atoms with van der Waals surface area (Å²) in [5, 5.41) is 23.3. The zero-order valence-corrected chi connectivity index (χ0v) is 25.1. The predicted octanol–water partition coefficient (Wildman–Crippen LogP) is 4.20. The predicted molar refractivity (Wildman–Crippen MR) is 160 cm³/mol. The summed E-state index contributed by atoms with van der Waals surface area (Å²) in [4.78, 5) is 42.9. The minimum atomic E-state index is -1.07. The van der Waals surface area contributed by atoms with Crippen LogP contribution < -0.4 is 14.8 Å². The maximum absolute atomic E-state index is 13.8. The van der Waals surface area contributed by atoms with Crippen LogP contribution in [-0.2, 0) is 16.1 Å². The molecular weight excluding hydrogens is 550 g/mol. The summed E-state index contributed by atoms with van der Waals surface area (Å²) in [5.41, 5.74) is 0.288. The lowest BCUT2D eigenvalue weighted by Crippen LogP contribution is -2.75. The number of unbranched alkanes of at least 4 members (excludes halogenated alkanes) is 1. The van der Waals surface area contributed by atoms with Gasteiger partial charge in [0.1, 0.15) is 34.4 Å². The number of hydrogen-bond donors (Lipinski definition) is 3. The van der Waals surface area contributed by atoms with Crippen molar-refractivity contribution < 1.29 is 34.1 Å². The molecular formula is C33H43N3O7. The van der Waals surface area contributed by atoms with Crippen LogP contribution in [0, 0.1) is 5.92 Å². The number of rotatable bonds is 11. The van der Waals surface area contributed by atoms with Gasteiger partial charge in [-0.2, -0.15) is 0 Å². The molecule has 0 bridgehead atoms. The first kappa shape index (κ1) is 30.8. The third-order valence-corrected chi connectivity index (χ3v) is 9.37. The highest BCUT2D eigenvalue weighted by atomic mass is 16.5. The number of likely N-dealkylation sites (tertiary alicyclic amines) is 1. The first-order chi connectivity index (χ1) is 20.8. The number of piperidine rings is 1. The van der Waals surface area contributed by atoms with Gasteiger partial charge in [-0.25, -0.2) is 4.79 Å². The van der Waals surface area contributed by atoms with Crippen LogP contribution in [0.2, 0.25) is 0 Å². The van der Waals surface area contributed by atoms with E-state index in [1.165, 1.54) is 13.2 Å². The molecule has 2 saturated heterocycles. The Hall–Kier alpha value is -3.63. The van der Waals surface area contributed by atoms with Crippen molar-refractivity contribution in [3.63, 3.8) is 0 Å². The molecule has 1 unspecified atom stereocenters. The molecule has 1 spiro atoms. The Balaban J connectivity index is 1.21. The fourth-order valence-electron chi connectivity index (χ4n) is 6.83. The SMILES string of the molecule is CCCCN1C(=O)C([C@H](O)C2CCCC2)NC(=O)C12CCN(Cc1ccc(Oc3ccc(C(=O)O)c(OC)c3)cc1)CC2. The van der Waals surface area contributed by atoms with Gasteiger partial charge < -0.3 is 29.9 Å². The largest absolute Gasteiger partial charge is 0.496 e. The van der Waals surface area contributed by atoms with E-state index in [1.807, 2.05) is 24.3 Å². The van der Waals surface area contributed by atoms with Crippen LogP contribution in [0.15, 0.2) is 42.5 Å². The molecule has 3 fully saturated rings. The number of ether oxygens (including phenoxy) is 2. The second-order valence-electron chi connectivity index (χ2n) is 12.1. The summed E-state index contributed by atoms with van der Waals surface area (Å²) in [6.07, 6.45) is 5.93. The molecule has 10 nitrogen and oxygen atoms in total. The van der Waals surface area contributed by atoms with E-state index in [-0.39, 0.29) is 29.0 Å². The monoisotopic (exact) mass is 593 g/mol. The third kappa shape index (κ3) is 6.50. The third-order valence-electron chi connectivity index (χ3n) is 9.37. The van der Waals surface area contributed by atoms with Crippen molar-refractivity contribution in [2.75, 3.05) is 26.7 Å². The summed E-state index contributed by atoms with van der Waals surface area (Å²) in [5.74, 6) is 0.0581. The van der Waals surface area contributed by atoms with Gasteiger partial charge in [-0.15, -0.1) is 0 Å². The quantitative estimate of drug-likeness (QED) is 0.354. The number of carboxylic acid groups (broad SMARTS) is 1. The van der Waals surface area contributed by atoms with Crippen molar-refractivity contribution >= 4 is 17.8 Å². The summed E-state index contributed by atoms with van der Waals surface area (Å²) in [6.45, 7) is 4.66. The summed E-state index contributed by atoms with van der Waals surface area (Å²) in [7, 11) is 1.42. The van der Waals surface area contributed by atoms with E-state index < -0.39 is 23.7 Å². The number of piperazine rings is 1. The van der Waals surface area contributed by atoms with Crippen molar-refractivity contribution in [3.05, 3.63) is 53.6 Å². The van der Waals surface area contributed by atoms with Crippen molar-refractivity contribution in [1.29, 1.82) is 0 Å². The molecule has 2 aliphatic heterocycles. The van der Waals surface area contributed by atoms with Crippen molar-refractivity contribution in [2.45, 2.75) is 82.5 Å². The number of methoxy groups -OCH3 is 1. The molecule has 1 aliphatic carbocycles. The van der Waals surface area contributed by atoms with Gasteiger partial charge in [0.05, 0.1) is 13.2 Å². The van der Waals surface area contributed by atoms with Gasteiger partial charge in [-0.3, -0.25) is 14.5 Å². The number of hydrogen-bond acceptors (Lipinski definition) is 7. The van der Waals surface area contributed by atoms with Crippen LogP contribution in [0.3, 0.4) is 0 Å². The van der Waals surface area contributed by atoms with E-state index in [2.05, 4.69) is 17.1 Å². The molecule has 0 radical (unpaired) electrons. The zero-order valence-electron chi connectivity index (χ0n) is 25.1. The number of carbonyl (C=O) groups excluding carboxylic acids is 2. The highest BCUT2D eigenvalue weighted by Crippen LogP contribution is 2.37. The Labute approximate surface area is 253 Å². The molecule has 2 heterocycles. The van der Waals surface area contributed by atoms with Crippen LogP contribution in [0.5, 0.6) is 17.2 Å². The molecule has 232 valence electrons. The average molecular weight is 594 g/mol. The Morgan fingerprint density at radius 1 is 1.07 bits per heavy atom. The highest BCUT2D eigenvalue weighted by molar-refractivity contribution is 6.00. The van der Waals surface area contributed by atoms with Crippen LogP contribution in [0.25, 0.3) is 0 Å². The number of aromatic carboxylic acids is 1. The standard InChI is InChI=1S/C33H43N3O7/c1-3-4-17-36-30(38)28(29(37)23-7-5-6-8-23)34-32(41)33(36)15-18-35(19-16-33)21-22-9-11-24(12-10-22)43-25-13-14-26(31(39)40)27(20-25)42-2/h9-14,20,23,28-29,37H,3-8,15-19,21H2,1-2H3,(H,34,41)(H,39,40)/t28?,29-/m1/s1. The molecule has 2 aromatic rings. The van der Waals surface area contributed by atoms with Crippen molar-refractivity contribution in [1.82, 2.24) is 15.1 Å². The molecule has 10 heteroatoms. The number of nitrogens with one attached hydrogen (secondary N) is 1. The molecule has 5 rings (SSSR count). The second-order valence-corrected chi connectivity index (χ2v) is 12.1. The van der Waals surface area contributed by atoms with Gasteiger partial charge >= 0.3 is 5.97 Å². The number of nitrogens with zero attached hydrogens (tertiary/aromatic N) is 2. The van der Waals surface area contributed by atoms with Gasteiger partial charge in [0.15, 0.2) is 0 Å². The maximum Gasteiger partial charge on any atom is 0.339 e. The lowest BCUT2D eigenvalue weighted by Gasteiger charge is -2.52. The molecule has 43 heavy (non-hydrogen) atoms. The van der Waals surface area contributed by atoms with Crippen LogP contribution >= 0.6 is 0 Å². The fourth-order valence-corrected chi connectivity index (χ4v) is 6.83. The molecule has 0 aromatic heterocycles. The van der Waals surface area contributed by atoms with E-state index in [1.54, 1.807) is 17.0 Å². The Kier molecular flexibility index (Phi) is 9.56. The Bertz CT molecular complexity index is 1300. The first-order valence-electron chi connectivity index (χ1n) is 15.5. The molecule has 2 aromatic carbocycles. The number of benzene rings is 2. The van der Waals surface area contributed by atoms with Gasteiger partial charge in [0.2, 0.25) is 11.8 Å². The van der Waals surface area contributed by atoms with Crippen LogP contribution in [0.4, 0.5) is 0 Å². The minimum Gasteiger partial charge on any atom is -0.496 e. The highest BCUT2D eigenvalue weighted by Gasteiger charge is 2.55.